The van der Waals surface area contributed by atoms with Gasteiger partial charge in [-0.25, -0.2) is 0 Å². The first kappa shape index (κ1) is 16.9. The molecule has 4 heterocycles. The second-order valence-corrected chi connectivity index (χ2v) is 8.79. The summed E-state index contributed by atoms with van der Waals surface area (Å²) in [6.07, 6.45) is 1.02. The minimum Gasteiger partial charge on any atom is -0.290 e. The summed E-state index contributed by atoms with van der Waals surface area (Å²) in [6.45, 7) is 2.05. The van der Waals surface area contributed by atoms with Crippen LogP contribution in [0.25, 0.3) is 0 Å². The van der Waals surface area contributed by atoms with E-state index in [1.807, 2.05) is 23.5 Å². The minimum absolute atomic E-state index is 0.170. The minimum atomic E-state index is -0.170. The molecule has 1 aromatic carbocycles. The highest BCUT2D eigenvalue weighted by atomic mass is 32.1. The van der Waals surface area contributed by atoms with Gasteiger partial charge in [-0.3, -0.25) is 19.4 Å². The highest BCUT2D eigenvalue weighted by Crippen LogP contribution is 2.39. The zero-order valence-corrected chi connectivity index (χ0v) is 16.3. The molecule has 2 aliphatic rings. The van der Waals surface area contributed by atoms with Gasteiger partial charge in [0.15, 0.2) is 0 Å². The summed E-state index contributed by atoms with van der Waals surface area (Å²) < 4.78 is 0. The van der Waals surface area contributed by atoms with E-state index in [1.165, 1.54) is 20.2 Å². The van der Waals surface area contributed by atoms with Gasteiger partial charge in [-0.2, -0.15) is 0 Å². The maximum absolute atomic E-state index is 12.6. The van der Waals surface area contributed by atoms with Gasteiger partial charge in [0.1, 0.15) is 0 Å². The molecule has 1 atom stereocenters. The Morgan fingerprint density at radius 1 is 0.889 bits per heavy atom. The van der Waals surface area contributed by atoms with E-state index in [-0.39, 0.29) is 17.9 Å². The zero-order chi connectivity index (χ0) is 18.4. The SMILES string of the molecule is O=C1c2ccccc2C(=O)N1CCN1CCc2sccc2[C@H]1c1cccs1. The first-order chi connectivity index (χ1) is 13.2. The first-order valence-corrected chi connectivity index (χ1v) is 10.8. The summed E-state index contributed by atoms with van der Waals surface area (Å²) in [4.78, 5) is 31.8. The highest BCUT2D eigenvalue weighted by Gasteiger charge is 2.36. The van der Waals surface area contributed by atoms with E-state index in [4.69, 9.17) is 0 Å². The van der Waals surface area contributed by atoms with E-state index in [2.05, 4.69) is 33.9 Å². The summed E-state index contributed by atoms with van der Waals surface area (Å²) in [5.74, 6) is -0.340. The molecule has 2 aliphatic heterocycles. The Balaban J connectivity index is 1.38. The number of rotatable bonds is 4. The Morgan fingerprint density at radius 2 is 1.67 bits per heavy atom. The van der Waals surface area contributed by atoms with Crippen LogP contribution < -0.4 is 0 Å². The summed E-state index contributed by atoms with van der Waals surface area (Å²) in [6, 6.07) is 13.8. The van der Waals surface area contributed by atoms with Crippen LogP contribution >= 0.6 is 22.7 Å². The molecule has 27 heavy (non-hydrogen) atoms. The molecular formula is C21H18N2O2S2. The first-order valence-electron chi connectivity index (χ1n) is 9.03. The van der Waals surface area contributed by atoms with Crippen molar-refractivity contribution >= 4 is 34.5 Å². The van der Waals surface area contributed by atoms with Crippen molar-refractivity contribution in [1.82, 2.24) is 9.80 Å². The van der Waals surface area contributed by atoms with Crippen molar-refractivity contribution in [3.63, 3.8) is 0 Å². The summed E-state index contributed by atoms with van der Waals surface area (Å²) >= 11 is 3.59. The molecule has 0 saturated carbocycles. The van der Waals surface area contributed by atoms with Crippen LogP contribution in [0.1, 0.15) is 42.1 Å². The topological polar surface area (TPSA) is 40.6 Å². The number of benzene rings is 1. The average molecular weight is 395 g/mol. The molecule has 6 heteroatoms. The van der Waals surface area contributed by atoms with Gasteiger partial charge in [0.25, 0.3) is 11.8 Å². The van der Waals surface area contributed by atoms with Gasteiger partial charge in [0.2, 0.25) is 0 Å². The molecule has 0 saturated heterocycles. The maximum Gasteiger partial charge on any atom is 0.261 e. The molecule has 5 rings (SSSR count). The molecule has 0 unspecified atom stereocenters. The molecule has 0 aliphatic carbocycles. The molecule has 0 radical (unpaired) electrons. The van der Waals surface area contributed by atoms with Crippen LogP contribution in [0.3, 0.4) is 0 Å². The molecule has 3 aromatic rings. The number of amides is 2. The number of carbonyl (C=O) groups excluding carboxylic acids is 2. The van der Waals surface area contributed by atoms with Gasteiger partial charge in [-0.15, -0.1) is 22.7 Å². The third kappa shape index (κ3) is 2.76. The van der Waals surface area contributed by atoms with Crippen molar-refractivity contribution in [2.75, 3.05) is 19.6 Å². The van der Waals surface area contributed by atoms with Gasteiger partial charge in [-0.05, 0) is 47.0 Å². The smallest absolute Gasteiger partial charge is 0.261 e. The lowest BCUT2D eigenvalue weighted by molar-refractivity contribution is 0.0627. The van der Waals surface area contributed by atoms with Crippen LogP contribution in [-0.4, -0.2) is 41.2 Å². The summed E-state index contributed by atoms with van der Waals surface area (Å²) in [5, 5.41) is 4.28. The number of carbonyl (C=O) groups is 2. The van der Waals surface area contributed by atoms with Gasteiger partial charge in [0.05, 0.1) is 17.2 Å². The number of imide groups is 1. The number of thiophene rings is 2. The van der Waals surface area contributed by atoms with E-state index in [0.717, 1.165) is 13.0 Å². The van der Waals surface area contributed by atoms with Crippen LogP contribution in [0, 0.1) is 0 Å². The molecule has 0 fully saturated rings. The van der Waals surface area contributed by atoms with Crippen LogP contribution in [0.4, 0.5) is 0 Å². The molecular weight excluding hydrogens is 376 g/mol. The van der Waals surface area contributed by atoms with Crippen molar-refractivity contribution in [2.24, 2.45) is 0 Å². The Morgan fingerprint density at radius 3 is 2.37 bits per heavy atom. The molecule has 2 amide bonds. The lowest BCUT2D eigenvalue weighted by atomic mass is 9.98. The van der Waals surface area contributed by atoms with Gasteiger partial charge >= 0.3 is 0 Å². The van der Waals surface area contributed by atoms with E-state index in [0.29, 0.717) is 24.2 Å². The Hall–Kier alpha value is -2.28. The van der Waals surface area contributed by atoms with Crippen LogP contribution in [0.2, 0.25) is 0 Å². The monoisotopic (exact) mass is 394 g/mol. The van der Waals surface area contributed by atoms with Crippen molar-refractivity contribution in [1.29, 1.82) is 0 Å². The highest BCUT2D eigenvalue weighted by molar-refractivity contribution is 7.10. The lowest BCUT2D eigenvalue weighted by Gasteiger charge is -2.36. The largest absolute Gasteiger partial charge is 0.290 e. The maximum atomic E-state index is 12.6. The second-order valence-electron chi connectivity index (χ2n) is 6.81. The van der Waals surface area contributed by atoms with E-state index >= 15 is 0 Å². The predicted octanol–water partition coefficient (Wildman–Crippen LogP) is 4.05. The molecule has 2 aromatic heterocycles. The van der Waals surface area contributed by atoms with E-state index in [1.54, 1.807) is 23.5 Å². The normalized spacial score (nSPS) is 19.4. The fraction of sp³-hybridized carbons (Fsp3) is 0.238. The van der Waals surface area contributed by atoms with Crippen LogP contribution in [0.15, 0.2) is 53.2 Å². The third-order valence-corrected chi connectivity index (χ3v) is 7.29. The molecule has 136 valence electrons. The molecule has 0 spiro atoms. The fourth-order valence-electron chi connectivity index (χ4n) is 4.06. The lowest BCUT2D eigenvalue weighted by Crippen LogP contribution is -2.42. The van der Waals surface area contributed by atoms with Crippen molar-refractivity contribution in [3.05, 3.63) is 79.7 Å². The van der Waals surface area contributed by atoms with Crippen LogP contribution in [0.5, 0.6) is 0 Å². The predicted molar refractivity (Wildman–Crippen MR) is 108 cm³/mol. The van der Waals surface area contributed by atoms with Crippen molar-refractivity contribution in [2.45, 2.75) is 12.5 Å². The quantitative estimate of drug-likeness (QED) is 0.627. The third-order valence-electron chi connectivity index (χ3n) is 5.37. The number of nitrogens with zero attached hydrogens (tertiary/aromatic N) is 2. The average Bonchev–Trinajstić information content (AvgIpc) is 3.42. The molecule has 0 N–H and O–H groups in total. The van der Waals surface area contributed by atoms with E-state index in [9.17, 15) is 9.59 Å². The molecule has 0 bridgehead atoms. The fourth-order valence-corrected chi connectivity index (χ4v) is 5.84. The zero-order valence-electron chi connectivity index (χ0n) is 14.6. The summed E-state index contributed by atoms with van der Waals surface area (Å²) in [5.41, 5.74) is 2.42. The van der Waals surface area contributed by atoms with E-state index < -0.39 is 0 Å². The number of fused-ring (bicyclic) bond motifs is 2. The van der Waals surface area contributed by atoms with Gasteiger partial charge in [0, 0.05) is 29.4 Å². The Labute approximate surface area is 165 Å². The standard InChI is InChI=1S/C21H18N2O2S2/c24-20-14-4-1-2-5-15(14)21(25)23(20)11-10-22-9-7-17-16(8-13-27-17)19(22)18-6-3-12-26-18/h1-6,8,12-13,19H,7,9-11H2/t19-/m0/s1. The Kier molecular flexibility index (Phi) is 4.19. The van der Waals surface area contributed by atoms with Crippen LogP contribution in [-0.2, 0) is 6.42 Å². The van der Waals surface area contributed by atoms with Gasteiger partial charge < -0.3 is 0 Å². The number of hydrogen-bond donors (Lipinski definition) is 0. The van der Waals surface area contributed by atoms with Crippen molar-refractivity contribution < 1.29 is 9.59 Å². The molecule has 4 nitrogen and oxygen atoms in total. The second kappa shape index (κ2) is 6.71. The van der Waals surface area contributed by atoms with Gasteiger partial charge in [-0.1, -0.05) is 18.2 Å². The van der Waals surface area contributed by atoms with Crippen molar-refractivity contribution in [3.8, 4) is 0 Å². The summed E-state index contributed by atoms with van der Waals surface area (Å²) in [7, 11) is 0. The Bertz CT molecular complexity index is 974. The number of hydrogen-bond acceptors (Lipinski definition) is 5.